The molecule has 3 aromatic rings. The lowest BCUT2D eigenvalue weighted by atomic mass is 9.96. The molecule has 1 nitrogen and oxygen atoms in total. The number of hydrogen-bond donors (Lipinski definition) is 0. The van der Waals surface area contributed by atoms with Crippen molar-refractivity contribution in [2.24, 2.45) is 7.05 Å². The largest absolute Gasteiger partial charge is 0.213 e. The van der Waals surface area contributed by atoms with E-state index in [0.717, 1.165) is 0 Å². The lowest BCUT2D eigenvalue weighted by molar-refractivity contribution is -0.633. The van der Waals surface area contributed by atoms with E-state index in [-0.39, 0.29) is 0 Å². The van der Waals surface area contributed by atoms with Gasteiger partial charge in [0.2, 0.25) is 11.2 Å². The molecular weight excluding hydrogens is 278 g/mol. The predicted molar refractivity (Wildman–Crippen MR) is 98.9 cm³/mol. The van der Waals surface area contributed by atoms with Crippen LogP contribution in [-0.4, -0.2) is 0 Å². The Hall–Kier alpha value is -2.15. The second kappa shape index (κ2) is 5.81. The van der Waals surface area contributed by atoms with E-state index < -0.39 is 0 Å². The van der Waals surface area contributed by atoms with Gasteiger partial charge in [-0.2, -0.15) is 4.57 Å². The summed E-state index contributed by atoms with van der Waals surface area (Å²) in [5, 5.41) is 1.29. The van der Waals surface area contributed by atoms with Gasteiger partial charge in [-0.3, -0.25) is 0 Å². The van der Waals surface area contributed by atoms with Crippen molar-refractivity contribution < 1.29 is 4.57 Å². The van der Waals surface area contributed by atoms with E-state index in [1.807, 2.05) is 0 Å². The summed E-state index contributed by atoms with van der Waals surface area (Å²) >= 11 is 0. The van der Waals surface area contributed by atoms with E-state index in [9.17, 15) is 0 Å². The normalized spacial score (nSPS) is 11.4. The van der Waals surface area contributed by atoms with Crippen molar-refractivity contribution in [3.05, 3.63) is 64.7 Å². The molecule has 3 rings (SSSR count). The zero-order valence-electron chi connectivity index (χ0n) is 15.1. The van der Waals surface area contributed by atoms with Crippen LogP contribution < -0.4 is 4.57 Å². The van der Waals surface area contributed by atoms with Crippen LogP contribution in [-0.2, 0) is 7.05 Å². The van der Waals surface area contributed by atoms with E-state index in [4.69, 9.17) is 0 Å². The summed E-state index contributed by atoms with van der Waals surface area (Å²) in [7, 11) is 2.18. The number of nitrogens with zero attached hydrogens (tertiary/aromatic N) is 1. The van der Waals surface area contributed by atoms with E-state index >= 15 is 0 Å². The molecule has 1 aromatic heterocycles. The molecule has 0 aliphatic carbocycles. The van der Waals surface area contributed by atoms with Crippen molar-refractivity contribution in [1.82, 2.24) is 0 Å². The first-order valence-electron chi connectivity index (χ1n) is 8.39. The highest BCUT2D eigenvalue weighted by atomic mass is 14.9. The summed E-state index contributed by atoms with van der Waals surface area (Å²) in [4.78, 5) is 0. The van der Waals surface area contributed by atoms with Crippen LogP contribution in [0, 0.1) is 20.8 Å². The minimum Gasteiger partial charge on any atom is -0.194 e. The highest BCUT2D eigenvalue weighted by Gasteiger charge is 2.17. The SMILES string of the molecule is Cc1cc(C)c(C)c(-c2ccc3ccc(C(C)C)cc3[n+]2C)c1. The van der Waals surface area contributed by atoms with Gasteiger partial charge in [0.25, 0.3) is 0 Å². The molecule has 0 N–H and O–H groups in total. The molecule has 0 bridgehead atoms. The fourth-order valence-electron chi connectivity index (χ4n) is 3.34. The van der Waals surface area contributed by atoms with Crippen molar-refractivity contribution in [2.45, 2.75) is 40.5 Å². The molecule has 0 aliphatic heterocycles. The highest BCUT2D eigenvalue weighted by Crippen LogP contribution is 2.27. The van der Waals surface area contributed by atoms with Gasteiger partial charge < -0.3 is 0 Å². The highest BCUT2D eigenvalue weighted by molar-refractivity contribution is 5.79. The smallest absolute Gasteiger partial charge is 0.194 e. The first-order chi connectivity index (χ1) is 10.9. The maximum atomic E-state index is 2.34. The van der Waals surface area contributed by atoms with Crippen LogP contribution >= 0.6 is 0 Å². The fourth-order valence-corrected chi connectivity index (χ4v) is 3.34. The molecule has 0 saturated carbocycles. The molecule has 1 heteroatoms. The van der Waals surface area contributed by atoms with Crippen LogP contribution in [0.5, 0.6) is 0 Å². The Morgan fingerprint density at radius 1 is 0.870 bits per heavy atom. The van der Waals surface area contributed by atoms with Gasteiger partial charge >= 0.3 is 0 Å². The summed E-state index contributed by atoms with van der Waals surface area (Å²) in [6.45, 7) is 11.1. The summed E-state index contributed by atoms with van der Waals surface area (Å²) in [6.07, 6.45) is 0. The number of fused-ring (bicyclic) bond motifs is 1. The Morgan fingerprint density at radius 2 is 1.57 bits per heavy atom. The Bertz CT molecular complexity index is 888. The van der Waals surface area contributed by atoms with Gasteiger partial charge in [-0.25, -0.2) is 0 Å². The van der Waals surface area contributed by atoms with Gasteiger partial charge in [0.15, 0.2) is 0 Å². The second-order valence-electron chi connectivity index (χ2n) is 7.00. The second-order valence-corrected chi connectivity index (χ2v) is 7.00. The average Bonchev–Trinajstić information content (AvgIpc) is 2.51. The monoisotopic (exact) mass is 304 g/mol. The third-order valence-electron chi connectivity index (χ3n) is 4.95. The Labute approximate surface area is 139 Å². The van der Waals surface area contributed by atoms with Crippen molar-refractivity contribution in [3.8, 4) is 11.3 Å². The van der Waals surface area contributed by atoms with E-state index in [2.05, 4.69) is 88.7 Å². The third-order valence-corrected chi connectivity index (χ3v) is 4.95. The zero-order valence-corrected chi connectivity index (χ0v) is 15.1. The van der Waals surface area contributed by atoms with Crippen molar-refractivity contribution in [2.75, 3.05) is 0 Å². The third kappa shape index (κ3) is 2.76. The molecule has 0 saturated heterocycles. The lowest BCUT2D eigenvalue weighted by Gasteiger charge is -2.11. The lowest BCUT2D eigenvalue weighted by Crippen LogP contribution is -2.32. The Kier molecular flexibility index (Phi) is 3.97. The van der Waals surface area contributed by atoms with Gasteiger partial charge in [-0.05, 0) is 61.6 Å². The first kappa shape index (κ1) is 15.7. The maximum Gasteiger partial charge on any atom is 0.213 e. The Morgan fingerprint density at radius 3 is 2.26 bits per heavy atom. The molecular formula is C22H26N+. The average molecular weight is 304 g/mol. The summed E-state index contributed by atoms with van der Waals surface area (Å²) in [6, 6.07) is 15.9. The summed E-state index contributed by atoms with van der Waals surface area (Å²) in [5.41, 5.74) is 9.35. The maximum absolute atomic E-state index is 2.34. The topological polar surface area (TPSA) is 3.88 Å². The molecule has 0 amide bonds. The minimum atomic E-state index is 0.547. The van der Waals surface area contributed by atoms with Crippen LogP contribution in [0.15, 0.2) is 42.5 Å². The fraction of sp³-hybridized carbons (Fsp3) is 0.318. The van der Waals surface area contributed by atoms with Crippen molar-refractivity contribution in [3.63, 3.8) is 0 Å². The van der Waals surface area contributed by atoms with Crippen LogP contribution in [0.3, 0.4) is 0 Å². The number of benzene rings is 2. The van der Waals surface area contributed by atoms with E-state index in [1.165, 1.54) is 44.4 Å². The first-order valence-corrected chi connectivity index (χ1v) is 8.39. The quantitative estimate of drug-likeness (QED) is 0.560. The van der Waals surface area contributed by atoms with Crippen molar-refractivity contribution in [1.29, 1.82) is 0 Å². The number of pyridine rings is 1. The van der Waals surface area contributed by atoms with Gasteiger partial charge in [-0.15, -0.1) is 0 Å². The zero-order chi connectivity index (χ0) is 16.7. The van der Waals surface area contributed by atoms with Crippen LogP contribution in [0.4, 0.5) is 0 Å². The van der Waals surface area contributed by atoms with Crippen LogP contribution in [0.25, 0.3) is 22.2 Å². The molecule has 0 unspecified atom stereocenters. The van der Waals surface area contributed by atoms with Gasteiger partial charge in [0.1, 0.15) is 7.05 Å². The van der Waals surface area contributed by atoms with Crippen LogP contribution in [0.2, 0.25) is 0 Å². The number of rotatable bonds is 2. The molecule has 0 radical (unpaired) electrons. The number of hydrogen-bond acceptors (Lipinski definition) is 0. The minimum absolute atomic E-state index is 0.547. The van der Waals surface area contributed by atoms with Gasteiger partial charge in [0.05, 0.1) is 0 Å². The molecule has 118 valence electrons. The molecule has 23 heavy (non-hydrogen) atoms. The predicted octanol–water partition coefficient (Wildman–Crippen LogP) is 5.38. The van der Waals surface area contributed by atoms with Crippen molar-refractivity contribution >= 4 is 10.9 Å². The molecule has 0 fully saturated rings. The number of aromatic nitrogens is 1. The van der Waals surface area contributed by atoms with Gasteiger partial charge in [-0.1, -0.05) is 31.5 Å². The molecule has 1 heterocycles. The summed E-state index contributed by atoms with van der Waals surface area (Å²) < 4.78 is 2.34. The number of aryl methyl sites for hydroxylation is 3. The van der Waals surface area contributed by atoms with Crippen LogP contribution in [0.1, 0.15) is 42.0 Å². The Balaban J connectivity index is 2.29. The van der Waals surface area contributed by atoms with E-state index in [0.29, 0.717) is 5.92 Å². The molecule has 2 aromatic carbocycles. The molecule has 0 atom stereocenters. The standard InChI is InChI=1S/C22H26N/c1-14(2)19-8-7-18-9-10-21(23(6)22(18)13-19)20-12-15(3)11-16(4)17(20)5/h7-14H,1-6H3/q+1. The van der Waals surface area contributed by atoms with Gasteiger partial charge in [0, 0.05) is 23.1 Å². The summed E-state index contributed by atoms with van der Waals surface area (Å²) in [5.74, 6) is 0.547. The van der Waals surface area contributed by atoms with E-state index in [1.54, 1.807) is 0 Å². The molecule has 0 spiro atoms. The molecule has 0 aliphatic rings.